The number of carbonyl (C=O) groups is 2. The lowest BCUT2D eigenvalue weighted by molar-refractivity contribution is -0.131. The Morgan fingerprint density at radius 2 is 2.12 bits per heavy atom. The fourth-order valence-corrected chi connectivity index (χ4v) is 2.66. The van der Waals surface area contributed by atoms with E-state index in [2.05, 4.69) is 22.4 Å². The number of hydrogen-bond donors (Lipinski definition) is 1. The number of nitrogens with one attached hydrogen (secondary N) is 1. The SMILES string of the molecule is CN(Cc1nccn1Cc1ccccc1)C(=O)CN1CCNC1=O. The lowest BCUT2D eigenvalue weighted by atomic mass is 10.2. The van der Waals surface area contributed by atoms with Gasteiger partial charge in [-0.05, 0) is 5.56 Å². The van der Waals surface area contributed by atoms with E-state index in [1.54, 1.807) is 18.1 Å². The zero-order valence-electron chi connectivity index (χ0n) is 13.7. The molecule has 0 saturated carbocycles. The van der Waals surface area contributed by atoms with Crippen LogP contribution in [0.1, 0.15) is 11.4 Å². The van der Waals surface area contributed by atoms with Crippen LogP contribution in [0.25, 0.3) is 0 Å². The molecule has 24 heavy (non-hydrogen) atoms. The van der Waals surface area contributed by atoms with E-state index in [-0.39, 0.29) is 18.5 Å². The van der Waals surface area contributed by atoms with Gasteiger partial charge >= 0.3 is 6.03 Å². The van der Waals surface area contributed by atoms with E-state index >= 15 is 0 Å². The molecule has 0 bridgehead atoms. The molecule has 1 aromatic heterocycles. The minimum absolute atomic E-state index is 0.0960. The van der Waals surface area contributed by atoms with Gasteiger partial charge in [0.25, 0.3) is 0 Å². The van der Waals surface area contributed by atoms with Crippen molar-refractivity contribution in [1.29, 1.82) is 0 Å². The van der Waals surface area contributed by atoms with E-state index in [9.17, 15) is 9.59 Å². The third-order valence-electron chi connectivity index (χ3n) is 4.07. The van der Waals surface area contributed by atoms with E-state index < -0.39 is 0 Å². The molecule has 1 aliphatic rings. The number of carbonyl (C=O) groups excluding carboxylic acids is 2. The van der Waals surface area contributed by atoms with E-state index in [0.29, 0.717) is 26.2 Å². The Morgan fingerprint density at radius 1 is 1.33 bits per heavy atom. The molecule has 126 valence electrons. The van der Waals surface area contributed by atoms with E-state index in [1.807, 2.05) is 29.0 Å². The average molecular weight is 327 g/mol. The molecule has 1 N–H and O–H groups in total. The molecule has 3 amide bonds. The monoisotopic (exact) mass is 327 g/mol. The summed E-state index contributed by atoms with van der Waals surface area (Å²) in [5, 5.41) is 2.70. The van der Waals surface area contributed by atoms with Crippen molar-refractivity contribution in [2.45, 2.75) is 13.1 Å². The Kier molecular flexibility index (Phi) is 4.79. The first kappa shape index (κ1) is 16.0. The molecule has 7 nitrogen and oxygen atoms in total. The maximum Gasteiger partial charge on any atom is 0.317 e. The Morgan fingerprint density at radius 3 is 2.83 bits per heavy atom. The molecular formula is C17H21N5O2. The molecule has 0 aliphatic carbocycles. The van der Waals surface area contributed by atoms with Gasteiger partial charge in [-0.3, -0.25) is 4.79 Å². The zero-order valence-corrected chi connectivity index (χ0v) is 13.7. The summed E-state index contributed by atoms with van der Waals surface area (Å²) in [6.45, 7) is 2.39. The number of aromatic nitrogens is 2. The van der Waals surface area contributed by atoms with Crippen LogP contribution in [0.5, 0.6) is 0 Å². The topological polar surface area (TPSA) is 70.5 Å². The van der Waals surface area contributed by atoms with Crippen molar-refractivity contribution in [2.24, 2.45) is 0 Å². The molecule has 2 aromatic rings. The second kappa shape index (κ2) is 7.16. The Balaban J connectivity index is 1.60. The minimum atomic E-state index is -0.178. The van der Waals surface area contributed by atoms with Crippen molar-refractivity contribution in [3.05, 3.63) is 54.1 Å². The highest BCUT2D eigenvalue weighted by molar-refractivity contribution is 5.84. The lowest BCUT2D eigenvalue weighted by Gasteiger charge is -2.21. The highest BCUT2D eigenvalue weighted by atomic mass is 16.2. The molecule has 0 radical (unpaired) electrons. The average Bonchev–Trinajstić information content (AvgIpc) is 3.18. The third kappa shape index (κ3) is 3.73. The minimum Gasteiger partial charge on any atom is -0.337 e. The summed E-state index contributed by atoms with van der Waals surface area (Å²) in [5.74, 6) is 0.724. The quantitative estimate of drug-likeness (QED) is 0.857. The smallest absolute Gasteiger partial charge is 0.317 e. The normalized spacial score (nSPS) is 13.9. The maximum absolute atomic E-state index is 12.3. The van der Waals surface area contributed by atoms with Gasteiger partial charge < -0.3 is 19.7 Å². The Hall–Kier alpha value is -2.83. The van der Waals surface area contributed by atoms with E-state index in [4.69, 9.17) is 0 Å². The van der Waals surface area contributed by atoms with Gasteiger partial charge in [-0.1, -0.05) is 30.3 Å². The fourth-order valence-electron chi connectivity index (χ4n) is 2.66. The number of hydrogen-bond acceptors (Lipinski definition) is 3. The van der Waals surface area contributed by atoms with Crippen LogP contribution in [0.3, 0.4) is 0 Å². The molecule has 3 rings (SSSR count). The van der Waals surface area contributed by atoms with Crippen molar-refractivity contribution in [1.82, 2.24) is 24.7 Å². The van der Waals surface area contributed by atoms with Gasteiger partial charge in [-0.15, -0.1) is 0 Å². The molecule has 0 unspecified atom stereocenters. The van der Waals surface area contributed by atoms with Crippen LogP contribution < -0.4 is 5.32 Å². The summed E-state index contributed by atoms with van der Waals surface area (Å²) in [4.78, 5) is 31.3. The summed E-state index contributed by atoms with van der Waals surface area (Å²) in [7, 11) is 1.73. The van der Waals surface area contributed by atoms with Gasteiger partial charge in [0.05, 0.1) is 6.54 Å². The van der Waals surface area contributed by atoms with E-state index in [1.165, 1.54) is 10.5 Å². The molecule has 0 spiro atoms. The maximum atomic E-state index is 12.3. The number of rotatable bonds is 6. The summed E-state index contributed by atoms with van der Waals surface area (Å²) in [6, 6.07) is 9.93. The van der Waals surface area contributed by atoms with Gasteiger partial charge in [0, 0.05) is 39.1 Å². The summed E-state index contributed by atoms with van der Waals surface area (Å²) in [5.41, 5.74) is 1.18. The summed E-state index contributed by atoms with van der Waals surface area (Å²) < 4.78 is 2.03. The van der Waals surface area contributed by atoms with Crippen LogP contribution in [-0.2, 0) is 17.9 Å². The molecule has 1 aromatic carbocycles. The zero-order chi connectivity index (χ0) is 16.9. The summed E-state index contributed by atoms with van der Waals surface area (Å²) >= 11 is 0. The fraction of sp³-hybridized carbons (Fsp3) is 0.353. The van der Waals surface area contributed by atoms with E-state index in [0.717, 1.165) is 5.82 Å². The van der Waals surface area contributed by atoms with Crippen LogP contribution in [0.4, 0.5) is 4.79 Å². The van der Waals surface area contributed by atoms with Gasteiger partial charge in [-0.2, -0.15) is 0 Å². The molecule has 7 heteroatoms. The predicted octanol–water partition coefficient (Wildman–Crippen LogP) is 0.915. The number of likely N-dealkylation sites (N-methyl/N-ethyl adjacent to an activating group) is 1. The molecule has 1 saturated heterocycles. The highest BCUT2D eigenvalue weighted by Crippen LogP contribution is 2.08. The Bertz CT molecular complexity index is 713. The summed E-state index contributed by atoms with van der Waals surface area (Å²) in [6.07, 6.45) is 3.65. The van der Waals surface area contributed by atoms with Crippen LogP contribution in [0.15, 0.2) is 42.7 Å². The number of imidazole rings is 1. The van der Waals surface area contributed by atoms with Crippen molar-refractivity contribution in [3.63, 3.8) is 0 Å². The number of benzene rings is 1. The van der Waals surface area contributed by atoms with Gasteiger partial charge in [0.1, 0.15) is 12.4 Å². The molecular weight excluding hydrogens is 306 g/mol. The Labute approximate surface area is 140 Å². The molecule has 2 heterocycles. The van der Waals surface area contributed by atoms with Crippen molar-refractivity contribution in [3.8, 4) is 0 Å². The van der Waals surface area contributed by atoms with Crippen LogP contribution in [-0.4, -0.2) is 58.0 Å². The number of amides is 3. The largest absolute Gasteiger partial charge is 0.337 e. The van der Waals surface area contributed by atoms with Crippen LogP contribution >= 0.6 is 0 Å². The van der Waals surface area contributed by atoms with Crippen molar-refractivity contribution >= 4 is 11.9 Å². The molecule has 1 aliphatic heterocycles. The molecule has 0 atom stereocenters. The molecule has 1 fully saturated rings. The second-order valence-corrected chi connectivity index (χ2v) is 5.86. The predicted molar refractivity (Wildman–Crippen MR) is 89.2 cm³/mol. The lowest BCUT2D eigenvalue weighted by Crippen LogP contribution is -2.40. The third-order valence-corrected chi connectivity index (χ3v) is 4.07. The highest BCUT2D eigenvalue weighted by Gasteiger charge is 2.23. The first-order chi connectivity index (χ1) is 11.6. The van der Waals surface area contributed by atoms with Gasteiger partial charge in [0.15, 0.2) is 0 Å². The number of nitrogens with zero attached hydrogens (tertiary/aromatic N) is 4. The van der Waals surface area contributed by atoms with Crippen LogP contribution in [0, 0.1) is 0 Å². The van der Waals surface area contributed by atoms with Gasteiger partial charge in [-0.25, -0.2) is 9.78 Å². The van der Waals surface area contributed by atoms with Crippen molar-refractivity contribution in [2.75, 3.05) is 26.7 Å². The van der Waals surface area contributed by atoms with Gasteiger partial charge in [0.2, 0.25) is 5.91 Å². The first-order valence-electron chi connectivity index (χ1n) is 7.94. The first-order valence-corrected chi connectivity index (χ1v) is 7.94. The standard InChI is InChI=1S/C17H21N5O2/c1-20(16(23)13-22-10-8-19-17(22)24)12-15-18-7-9-21(15)11-14-5-3-2-4-6-14/h2-7,9H,8,10-13H2,1H3,(H,19,24). The number of urea groups is 1. The van der Waals surface area contributed by atoms with Crippen LogP contribution in [0.2, 0.25) is 0 Å². The second-order valence-electron chi connectivity index (χ2n) is 5.86. The van der Waals surface area contributed by atoms with Crippen molar-refractivity contribution < 1.29 is 9.59 Å².